The van der Waals surface area contributed by atoms with Gasteiger partial charge in [-0.15, -0.1) is 0 Å². The van der Waals surface area contributed by atoms with E-state index in [4.69, 9.17) is 11.7 Å². The lowest BCUT2D eigenvalue weighted by Gasteiger charge is -2.37. The highest BCUT2D eigenvalue weighted by Crippen LogP contribution is 2.46. The molecule has 1 unspecified atom stereocenters. The van der Waals surface area contributed by atoms with Gasteiger partial charge >= 0.3 is 12.1 Å². The highest BCUT2D eigenvalue weighted by Gasteiger charge is 2.58. The van der Waals surface area contributed by atoms with Gasteiger partial charge in [0.15, 0.2) is 5.60 Å². The molecule has 37 heavy (non-hydrogen) atoms. The van der Waals surface area contributed by atoms with Crippen LogP contribution in [0.15, 0.2) is 65.9 Å². The summed E-state index contributed by atoms with van der Waals surface area (Å²) in [6.07, 6.45) is -2.87. The number of alkyl halides is 5. The van der Waals surface area contributed by atoms with Gasteiger partial charge in [0.25, 0.3) is 0 Å². The maximum absolute atomic E-state index is 15.6. The van der Waals surface area contributed by atoms with E-state index in [1.807, 2.05) is 0 Å². The molecule has 1 atom stereocenters. The molecule has 0 radical (unpaired) electrons. The summed E-state index contributed by atoms with van der Waals surface area (Å²) in [4.78, 5) is 3.63. The molecule has 6 nitrogen and oxygen atoms in total. The molecule has 0 aliphatic rings. The van der Waals surface area contributed by atoms with E-state index in [-0.39, 0.29) is 11.1 Å². The topological polar surface area (TPSA) is 101 Å². The quantitative estimate of drug-likeness (QED) is 0.113. The zero-order valence-electron chi connectivity index (χ0n) is 18.6. The highest BCUT2D eigenvalue weighted by atomic mass is 19.4. The van der Waals surface area contributed by atoms with E-state index in [9.17, 15) is 27.1 Å². The van der Waals surface area contributed by atoms with Crippen LogP contribution in [0.4, 0.5) is 30.7 Å². The van der Waals surface area contributed by atoms with Gasteiger partial charge in [0.2, 0.25) is 0 Å². The number of rotatable bonds is 6. The Kier molecular flexibility index (Phi) is 7.75. The Hall–Kier alpha value is -4.15. The van der Waals surface area contributed by atoms with Crippen molar-refractivity contribution in [3.63, 3.8) is 0 Å². The third-order valence-electron chi connectivity index (χ3n) is 5.17. The summed E-state index contributed by atoms with van der Waals surface area (Å²) in [6.45, 7) is -1.12. The second kappa shape index (κ2) is 10.5. The second-order valence-corrected chi connectivity index (χ2v) is 7.75. The third-order valence-corrected chi connectivity index (χ3v) is 5.17. The molecule has 0 aliphatic carbocycles. The summed E-state index contributed by atoms with van der Waals surface area (Å²) < 4.78 is 97.1. The van der Waals surface area contributed by atoms with Crippen molar-refractivity contribution in [1.29, 1.82) is 0 Å². The van der Waals surface area contributed by atoms with E-state index in [1.165, 1.54) is 0 Å². The van der Waals surface area contributed by atoms with Gasteiger partial charge in [0.05, 0.1) is 12.1 Å². The molecule has 194 valence electrons. The van der Waals surface area contributed by atoms with E-state index < -0.39 is 52.7 Å². The first-order chi connectivity index (χ1) is 17.3. The second-order valence-electron chi connectivity index (χ2n) is 7.75. The zero-order chi connectivity index (χ0) is 27.4. The fourth-order valence-electron chi connectivity index (χ4n) is 3.32. The molecule has 0 spiro atoms. The number of aromatic nitrogens is 1. The van der Waals surface area contributed by atoms with Gasteiger partial charge in [-0.3, -0.25) is 9.99 Å². The lowest BCUT2D eigenvalue weighted by molar-refractivity contribution is -0.203. The molecule has 3 rings (SSSR count). The average molecular weight is 525 g/mol. The number of nitrogens with two attached hydrogens (primary N) is 2. The summed E-state index contributed by atoms with van der Waals surface area (Å²) in [5.74, 6) is 8.82. The first-order valence-electron chi connectivity index (χ1n) is 10.2. The molecule has 0 saturated heterocycles. The smallest absolute Gasteiger partial charge is 0.377 e. The zero-order valence-corrected chi connectivity index (χ0v) is 18.6. The number of aliphatic hydroxyl groups is 1. The minimum absolute atomic E-state index is 0.117. The van der Waals surface area contributed by atoms with Crippen molar-refractivity contribution < 1.29 is 35.8 Å². The van der Waals surface area contributed by atoms with Gasteiger partial charge in [-0.25, -0.2) is 14.6 Å². The van der Waals surface area contributed by atoms with Crippen LogP contribution >= 0.6 is 0 Å². The summed E-state index contributed by atoms with van der Waals surface area (Å²) in [7, 11) is 0. The molecule has 1 aromatic heterocycles. The van der Waals surface area contributed by atoms with Gasteiger partial charge in [0, 0.05) is 29.0 Å². The van der Waals surface area contributed by atoms with Gasteiger partial charge in [-0.2, -0.15) is 27.1 Å². The molecule has 0 bridgehead atoms. The van der Waals surface area contributed by atoms with Gasteiger partial charge in [0.1, 0.15) is 23.7 Å². The number of hydrogen-bond acceptors (Lipinski definition) is 5. The van der Waals surface area contributed by atoms with Crippen molar-refractivity contribution in [2.24, 2.45) is 16.8 Å². The largest absolute Gasteiger partial charge is 0.416 e. The van der Waals surface area contributed by atoms with Gasteiger partial charge < -0.3 is 10.9 Å². The lowest BCUT2D eigenvalue weighted by atomic mass is 9.84. The van der Waals surface area contributed by atoms with Crippen LogP contribution in [-0.4, -0.2) is 28.0 Å². The molecule has 5 N–H and O–H groups in total. The Labute approximate surface area is 206 Å². The van der Waals surface area contributed by atoms with Crippen LogP contribution in [-0.2, 0) is 17.7 Å². The molecule has 0 fully saturated rings. The highest BCUT2D eigenvalue weighted by molar-refractivity contribution is 5.54. The standard InChI is InChI=1S/C24H18F7N5O/c25-18-8-9-19(20(26)11-18)22(37,13-36(33)14-35-32)23(27,28)21-10-5-16(12-34-21)2-1-15-3-6-17(7-4-15)24(29,30)31/h3-12,14,37H,13,32-33H2/b35-14-. The predicted octanol–water partition coefficient (Wildman–Crippen LogP) is 3.84. The Morgan fingerprint density at radius 2 is 1.57 bits per heavy atom. The molecular formula is C24H18F7N5O. The Balaban J connectivity index is 1.95. The lowest BCUT2D eigenvalue weighted by Crippen LogP contribution is -2.53. The Morgan fingerprint density at radius 3 is 2.11 bits per heavy atom. The van der Waals surface area contributed by atoms with Crippen LogP contribution in [0.5, 0.6) is 0 Å². The number of pyridine rings is 1. The molecule has 0 saturated carbocycles. The number of hydrazone groups is 1. The van der Waals surface area contributed by atoms with Crippen LogP contribution in [0, 0.1) is 23.5 Å². The van der Waals surface area contributed by atoms with Gasteiger partial charge in [-0.05, 0) is 48.5 Å². The number of hydrogen-bond donors (Lipinski definition) is 3. The number of nitrogens with zero attached hydrogens (tertiary/aromatic N) is 3. The molecular weight excluding hydrogens is 507 g/mol. The van der Waals surface area contributed by atoms with E-state index in [0.717, 1.165) is 42.6 Å². The maximum atomic E-state index is 15.6. The summed E-state index contributed by atoms with van der Waals surface area (Å²) in [5.41, 5.74) is -5.84. The Bertz CT molecular complexity index is 1330. The summed E-state index contributed by atoms with van der Waals surface area (Å²) >= 11 is 0. The van der Waals surface area contributed by atoms with Crippen LogP contribution in [0.25, 0.3) is 0 Å². The average Bonchev–Trinajstić information content (AvgIpc) is 2.82. The molecule has 0 aliphatic heterocycles. The van der Waals surface area contributed by atoms with E-state index in [2.05, 4.69) is 21.9 Å². The van der Waals surface area contributed by atoms with Gasteiger partial charge in [-0.1, -0.05) is 11.8 Å². The summed E-state index contributed by atoms with van der Waals surface area (Å²) in [6, 6.07) is 7.58. The summed E-state index contributed by atoms with van der Waals surface area (Å²) in [5, 5.41) is 14.6. The van der Waals surface area contributed by atoms with Crippen LogP contribution < -0.4 is 11.7 Å². The Morgan fingerprint density at radius 1 is 0.946 bits per heavy atom. The normalized spacial score (nSPS) is 13.6. The van der Waals surface area contributed by atoms with Crippen LogP contribution in [0.1, 0.15) is 27.9 Å². The first-order valence-corrected chi connectivity index (χ1v) is 10.2. The predicted molar refractivity (Wildman–Crippen MR) is 119 cm³/mol. The van der Waals surface area contributed by atoms with Crippen molar-refractivity contribution in [2.75, 3.05) is 6.54 Å². The van der Waals surface area contributed by atoms with Crippen molar-refractivity contribution >= 4 is 6.34 Å². The fourth-order valence-corrected chi connectivity index (χ4v) is 3.32. The van der Waals surface area contributed by atoms with Crippen molar-refractivity contribution in [1.82, 2.24) is 9.99 Å². The third kappa shape index (κ3) is 5.99. The minimum atomic E-state index is -4.51. The van der Waals surface area contributed by atoms with Crippen LogP contribution in [0.3, 0.4) is 0 Å². The first kappa shape index (κ1) is 27.4. The fraction of sp³-hybridized carbons (Fsp3) is 0.167. The number of halogens is 7. The molecule has 0 amide bonds. The van der Waals surface area contributed by atoms with E-state index in [0.29, 0.717) is 29.5 Å². The van der Waals surface area contributed by atoms with Crippen molar-refractivity contribution in [2.45, 2.75) is 17.7 Å². The minimum Gasteiger partial charge on any atom is -0.377 e. The van der Waals surface area contributed by atoms with Crippen molar-refractivity contribution in [3.8, 4) is 11.8 Å². The monoisotopic (exact) mass is 525 g/mol. The molecule has 2 aromatic carbocycles. The van der Waals surface area contributed by atoms with Crippen LogP contribution in [0.2, 0.25) is 0 Å². The van der Waals surface area contributed by atoms with Crippen molar-refractivity contribution in [3.05, 3.63) is 100 Å². The SMILES string of the molecule is N/N=C\N(N)CC(O)(c1ccc(F)cc1F)C(F)(F)c1ccc(C#Cc2ccc(C(F)(F)F)cc2)cn1. The molecule has 1 heterocycles. The molecule has 3 aromatic rings. The number of benzene rings is 2. The maximum Gasteiger partial charge on any atom is 0.416 e. The molecule has 13 heteroatoms. The van der Waals surface area contributed by atoms with E-state index in [1.54, 1.807) is 0 Å². The van der Waals surface area contributed by atoms with E-state index >= 15 is 8.78 Å². The number of hydrazine groups is 1.